The van der Waals surface area contributed by atoms with Gasteiger partial charge in [-0.25, -0.2) is 4.79 Å². The molecule has 5 heteroatoms. The minimum atomic E-state index is -1.03. The predicted octanol–water partition coefficient (Wildman–Crippen LogP) is 1.37. The smallest absolute Gasteiger partial charge is 0.319 e. The molecule has 1 atom stereocenters. The van der Waals surface area contributed by atoms with Crippen LogP contribution in [0.4, 0.5) is 4.79 Å². The first-order chi connectivity index (χ1) is 8.59. The van der Waals surface area contributed by atoms with E-state index in [1.807, 2.05) is 24.3 Å². The van der Waals surface area contributed by atoms with Gasteiger partial charge in [0.2, 0.25) is 0 Å². The lowest BCUT2D eigenvalue weighted by Crippen LogP contribution is -2.40. The summed E-state index contributed by atoms with van der Waals surface area (Å²) in [7, 11) is 0. The molecule has 5 nitrogen and oxygen atoms in total. The molecule has 2 rings (SSSR count). The van der Waals surface area contributed by atoms with Gasteiger partial charge in [-0.3, -0.25) is 9.69 Å². The standard InChI is InChI=1S/C13H13N3O2/c1-13(10-6-3-2-4-7-10)11(17)16(9-5-8-14)12(18)15-13/h2-4,6-7H,5,9H2,1H3,(H,15,18). The number of benzene rings is 1. The lowest BCUT2D eigenvalue weighted by molar-refractivity contribution is -0.131. The number of imide groups is 1. The van der Waals surface area contributed by atoms with Crippen LogP contribution >= 0.6 is 0 Å². The average molecular weight is 243 g/mol. The van der Waals surface area contributed by atoms with Crippen LogP contribution in [0.1, 0.15) is 18.9 Å². The molecule has 0 aliphatic carbocycles. The van der Waals surface area contributed by atoms with Crippen LogP contribution in [-0.2, 0) is 10.3 Å². The van der Waals surface area contributed by atoms with Crippen LogP contribution in [0, 0.1) is 11.3 Å². The van der Waals surface area contributed by atoms with Crippen molar-refractivity contribution in [2.75, 3.05) is 6.54 Å². The highest BCUT2D eigenvalue weighted by molar-refractivity contribution is 6.07. The molecule has 1 aromatic rings. The van der Waals surface area contributed by atoms with Crippen LogP contribution in [0.5, 0.6) is 0 Å². The van der Waals surface area contributed by atoms with Gasteiger partial charge in [-0.1, -0.05) is 30.3 Å². The highest BCUT2D eigenvalue weighted by atomic mass is 16.2. The molecule has 3 amide bonds. The summed E-state index contributed by atoms with van der Waals surface area (Å²) in [5.41, 5.74) is -0.295. The van der Waals surface area contributed by atoms with Crippen LogP contribution in [-0.4, -0.2) is 23.4 Å². The molecule has 0 saturated carbocycles. The SMILES string of the molecule is CC1(c2ccccc2)NC(=O)N(CCC#N)C1=O. The van der Waals surface area contributed by atoms with E-state index in [0.29, 0.717) is 0 Å². The van der Waals surface area contributed by atoms with Crippen LogP contribution in [0.2, 0.25) is 0 Å². The number of carbonyl (C=O) groups excluding carboxylic acids is 2. The lowest BCUT2D eigenvalue weighted by atomic mass is 9.92. The van der Waals surface area contributed by atoms with Gasteiger partial charge in [0.25, 0.3) is 5.91 Å². The normalized spacial score (nSPS) is 22.8. The third-order valence-electron chi connectivity index (χ3n) is 3.07. The third-order valence-corrected chi connectivity index (χ3v) is 3.07. The van der Waals surface area contributed by atoms with E-state index in [4.69, 9.17) is 5.26 Å². The van der Waals surface area contributed by atoms with Crippen LogP contribution in [0.3, 0.4) is 0 Å². The van der Waals surface area contributed by atoms with Crippen LogP contribution in [0.15, 0.2) is 30.3 Å². The summed E-state index contributed by atoms with van der Waals surface area (Å²) in [6.07, 6.45) is 0.143. The summed E-state index contributed by atoms with van der Waals surface area (Å²) >= 11 is 0. The Bertz CT molecular complexity index is 521. The van der Waals surface area contributed by atoms with E-state index >= 15 is 0 Å². The van der Waals surface area contributed by atoms with E-state index in [2.05, 4.69) is 5.32 Å². The highest BCUT2D eigenvalue weighted by Gasteiger charge is 2.48. The second kappa shape index (κ2) is 4.49. The number of nitrogens with one attached hydrogen (secondary N) is 1. The number of rotatable bonds is 3. The van der Waals surface area contributed by atoms with Gasteiger partial charge in [0.15, 0.2) is 0 Å². The molecule has 0 spiro atoms. The Morgan fingerprint density at radius 3 is 2.61 bits per heavy atom. The predicted molar refractivity (Wildman–Crippen MR) is 64.3 cm³/mol. The molecule has 18 heavy (non-hydrogen) atoms. The van der Waals surface area contributed by atoms with Gasteiger partial charge in [0.1, 0.15) is 5.54 Å². The van der Waals surface area contributed by atoms with Gasteiger partial charge in [-0.2, -0.15) is 5.26 Å². The minimum Gasteiger partial charge on any atom is -0.319 e. The number of carbonyl (C=O) groups is 2. The lowest BCUT2D eigenvalue weighted by Gasteiger charge is -2.21. The Kier molecular flexibility index (Phi) is 3.02. The molecule has 1 fully saturated rings. The molecule has 1 unspecified atom stereocenters. The zero-order valence-corrected chi connectivity index (χ0v) is 10.0. The maximum atomic E-state index is 12.3. The Hall–Kier alpha value is -2.35. The van der Waals surface area contributed by atoms with E-state index in [0.717, 1.165) is 10.5 Å². The molecule has 92 valence electrons. The number of hydrogen-bond donors (Lipinski definition) is 1. The van der Waals surface area contributed by atoms with E-state index in [1.54, 1.807) is 19.1 Å². The van der Waals surface area contributed by atoms with Gasteiger partial charge < -0.3 is 5.32 Å². The zero-order valence-electron chi connectivity index (χ0n) is 10.0. The molecule has 1 aromatic carbocycles. The summed E-state index contributed by atoms with van der Waals surface area (Å²) in [5, 5.41) is 11.2. The highest BCUT2D eigenvalue weighted by Crippen LogP contribution is 2.28. The number of hydrogen-bond acceptors (Lipinski definition) is 3. The molecule has 1 aliphatic rings. The molecule has 1 heterocycles. The second-order valence-electron chi connectivity index (χ2n) is 4.29. The fourth-order valence-electron chi connectivity index (χ4n) is 2.03. The first-order valence-electron chi connectivity index (χ1n) is 5.66. The first-order valence-corrected chi connectivity index (χ1v) is 5.66. The van der Waals surface area contributed by atoms with E-state index < -0.39 is 11.6 Å². The summed E-state index contributed by atoms with van der Waals surface area (Å²) in [5.74, 6) is -0.311. The Labute approximate surface area is 105 Å². The molecule has 1 N–H and O–H groups in total. The van der Waals surface area contributed by atoms with Gasteiger partial charge in [-0.05, 0) is 12.5 Å². The van der Waals surface area contributed by atoms with Gasteiger partial charge in [0.05, 0.1) is 12.5 Å². The molecular formula is C13H13N3O2. The van der Waals surface area contributed by atoms with Crippen molar-refractivity contribution in [1.82, 2.24) is 10.2 Å². The van der Waals surface area contributed by atoms with Crippen molar-refractivity contribution < 1.29 is 9.59 Å². The van der Waals surface area contributed by atoms with Crippen molar-refractivity contribution in [2.45, 2.75) is 18.9 Å². The quantitative estimate of drug-likeness (QED) is 0.815. The number of amides is 3. The topological polar surface area (TPSA) is 73.2 Å². The van der Waals surface area contributed by atoms with Gasteiger partial charge in [-0.15, -0.1) is 0 Å². The summed E-state index contributed by atoms with van der Waals surface area (Å²) < 4.78 is 0. The van der Waals surface area contributed by atoms with Crippen molar-refractivity contribution >= 4 is 11.9 Å². The zero-order chi connectivity index (χ0) is 13.2. The van der Waals surface area contributed by atoms with Gasteiger partial charge >= 0.3 is 6.03 Å². The van der Waals surface area contributed by atoms with Crippen molar-refractivity contribution in [1.29, 1.82) is 5.26 Å². The van der Waals surface area contributed by atoms with Crippen molar-refractivity contribution in [3.63, 3.8) is 0 Å². The van der Waals surface area contributed by atoms with E-state index in [9.17, 15) is 9.59 Å². The number of nitrogens with zero attached hydrogens (tertiary/aromatic N) is 2. The largest absolute Gasteiger partial charge is 0.325 e. The van der Waals surface area contributed by atoms with E-state index in [-0.39, 0.29) is 18.9 Å². The van der Waals surface area contributed by atoms with Crippen LogP contribution in [0.25, 0.3) is 0 Å². The second-order valence-corrected chi connectivity index (χ2v) is 4.29. The summed E-state index contributed by atoms with van der Waals surface area (Å²) in [6, 6.07) is 10.6. The van der Waals surface area contributed by atoms with Crippen molar-refractivity contribution in [3.05, 3.63) is 35.9 Å². The summed E-state index contributed by atoms with van der Waals surface area (Å²) in [4.78, 5) is 25.1. The number of nitriles is 1. The molecular weight excluding hydrogens is 230 g/mol. The summed E-state index contributed by atoms with van der Waals surface area (Å²) in [6.45, 7) is 1.80. The Morgan fingerprint density at radius 2 is 2.00 bits per heavy atom. The monoisotopic (exact) mass is 243 g/mol. The van der Waals surface area contributed by atoms with Crippen molar-refractivity contribution in [2.24, 2.45) is 0 Å². The minimum absolute atomic E-state index is 0.129. The maximum absolute atomic E-state index is 12.3. The first kappa shape index (κ1) is 12.1. The fraction of sp³-hybridized carbons (Fsp3) is 0.308. The van der Waals surface area contributed by atoms with Crippen molar-refractivity contribution in [3.8, 4) is 6.07 Å². The molecule has 0 aromatic heterocycles. The average Bonchev–Trinajstić information content (AvgIpc) is 2.60. The molecule has 1 saturated heterocycles. The third kappa shape index (κ3) is 1.82. The maximum Gasteiger partial charge on any atom is 0.325 e. The molecule has 1 aliphatic heterocycles. The molecule has 0 bridgehead atoms. The Morgan fingerprint density at radius 1 is 1.33 bits per heavy atom. The van der Waals surface area contributed by atoms with Crippen LogP contribution < -0.4 is 5.32 Å². The van der Waals surface area contributed by atoms with Gasteiger partial charge in [0, 0.05) is 6.54 Å². The molecule has 0 radical (unpaired) electrons. The van der Waals surface area contributed by atoms with E-state index in [1.165, 1.54) is 0 Å². The Balaban J connectivity index is 2.30. The number of urea groups is 1. The fourth-order valence-corrected chi connectivity index (χ4v) is 2.03.